The minimum absolute atomic E-state index is 0.314. The van der Waals surface area contributed by atoms with Crippen LogP contribution in [0.2, 0.25) is 0 Å². The molecule has 3 heteroatoms. The topological polar surface area (TPSA) is 32.3 Å². The third kappa shape index (κ3) is 3.03. The maximum atomic E-state index is 8.64. The van der Waals surface area contributed by atoms with Crippen LogP contribution < -0.4 is 5.32 Å². The van der Waals surface area contributed by atoms with Crippen LogP contribution in [0.1, 0.15) is 34.6 Å². The summed E-state index contributed by atoms with van der Waals surface area (Å²) in [4.78, 5) is 3.09. The molecule has 2 rings (SSSR count). The van der Waals surface area contributed by atoms with Crippen LogP contribution in [0, 0.1) is 0 Å². The van der Waals surface area contributed by atoms with E-state index in [-0.39, 0.29) is 0 Å². The van der Waals surface area contributed by atoms with Gasteiger partial charge in [0.1, 0.15) is 0 Å². The lowest BCUT2D eigenvalue weighted by atomic mass is 10.2. The highest BCUT2D eigenvalue weighted by Gasteiger charge is 2.13. The number of aryl methyl sites for hydroxylation is 2. The lowest BCUT2D eigenvalue weighted by Gasteiger charge is -2.01. The van der Waals surface area contributed by atoms with E-state index in [2.05, 4.69) is 11.4 Å². The summed E-state index contributed by atoms with van der Waals surface area (Å²) in [5, 5.41) is 12.1. The van der Waals surface area contributed by atoms with Crippen molar-refractivity contribution in [3.05, 3.63) is 21.4 Å². The zero-order valence-electron chi connectivity index (χ0n) is 9.09. The molecule has 2 nitrogen and oxygen atoms in total. The molecule has 0 amide bonds. The summed E-state index contributed by atoms with van der Waals surface area (Å²) in [5.41, 5.74) is 1.59. The van der Waals surface area contributed by atoms with Crippen LogP contribution in [-0.4, -0.2) is 18.3 Å². The second-order valence-corrected chi connectivity index (χ2v) is 5.34. The van der Waals surface area contributed by atoms with Gasteiger partial charge in [0, 0.05) is 22.9 Å². The van der Waals surface area contributed by atoms with E-state index in [1.165, 1.54) is 24.1 Å². The SMILES string of the molecule is OCCCCNCc1cc2c(s1)CCC2. The Balaban J connectivity index is 1.70. The molecule has 1 aromatic rings. The lowest BCUT2D eigenvalue weighted by molar-refractivity contribution is 0.283. The van der Waals surface area contributed by atoms with Crippen molar-refractivity contribution < 1.29 is 5.11 Å². The molecule has 0 saturated heterocycles. The van der Waals surface area contributed by atoms with E-state index in [4.69, 9.17) is 5.11 Å². The number of rotatable bonds is 6. The molecule has 1 heterocycles. The molecule has 84 valence electrons. The van der Waals surface area contributed by atoms with Crippen molar-refractivity contribution >= 4 is 11.3 Å². The molecule has 15 heavy (non-hydrogen) atoms. The Morgan fingerprint density at radius 3 is 3.07 bits per heavy atom. The fourth-order valence-electron chi connectivity index (χ4n) is 2.05. The molecule has 0 saturated carbocycles. The number of hydrogen-bond donors (Lipinski definition) is 2. The predicted molar refractivity (Wildman–Crippen MR) is 64.4 cm³/mol. The number of hydrogen-bond acceptors (Lipinski definition) is 3. The van der Waals surface area contributed by atoms with Crippen LogP contribution >= 0.6 is 11.3 Å². The van der Waals surface area contributed by atoms with Gasteiger partial charge < -0.3 is 10.4 Å². The number of fused-ring (bicyclic) bond motifs is 1. The average Bonchev–Trinajstić information content (AvgIpc) is 2.77. The van der Waals surface area contributed by atoms with Gasteiger partial charge in [-0.05, 0) is 50.3 Å². The molecule has 0 aliphatic heterocycles. The molecule has 0 radical (unpaired) electrons. The summed E-state index contributed by atoms with van der Waals surface area (Å²) in [7, 11) is 0. The van der Waals surface area contributed by atoms with Crippen molar-refractivity contribution in [1.29, 1.82) is 0 Å². The highest BCUT2D eigenvalue weighted by molar-refractivity contribution is 7.12. The van der Waals surface area contributed by atoms with E-state index in [9.17, 15) is 0 Å². The molecule has 0 aromatic carbocycles. The first kappa shape index (κ1) is 11.1. The number of unbranched alkanes of at least 4 members (excludes halogenated alkanes) is 1. The van der Waals surface area contributed by atoms with Gasteiger partial charge in [-0.1, -0.05) is 0 Å². The Morgan fingerprint density at radius 2 is 2.27 bits per heavy atom. The number of nitrogens with one attached hydrogen (secondary N) is 1. The highest BCUT2D eigenvalue weighted by Crippen LogP contribution is 2.30. The van der Waals surface area contributed by atoms with Crippen molar-refractivity contribution in [2.45, 2.75) is 38.6 Å². The van der Waals surface area contributed by atoms with Gasteiger partial charge in [-0.25, -0.2) is 0 Å². The molecule has 0 bridgehead atoms. The van der Waals surface area contributed by atoms with Crippen LogP contribution in [0.5, 0.6) is 0 Å². The molecule has 1 aliphatic carbocycles. The zero-order valence-corrected chi connectivity index (χ0v) is 9.91. The number of thiophene rings is 1. The molecular formula is C12H19NOS. The highest BCUT2D eigenvalue weighted by atomic mass is 32.1. The largest absolute Gasteiger partial charge is 0.396 e. The zero-order chi connectivity index (χ0) is 10.5. The first-order valence-electron chi connectivity index (χ1n) is 5.82. The molecule has 0 unspecified atom stereocenters. The van der Waals surface area contributed by atoms with Crippen molar-refractivity contribution in [3.8, 4) is 0 Å². The summed E-state index contributed by atoms with van der Waals surface area (Å²) in [6.07, 6.45) is 5.92. The van der Waals surface area contributed by atoms with Gasteiger partial charge in [-0.2, -0.15) is 0 Å². The Labute approximate surface area is 95.3 Å². The van der Waals surface area contributed by atoms with Crippen LogP contribution in [-0.2, 0) is 19.4 Å². The van der Waals surface area contributed by atoms with E-state index in [1.54, 1.807) is 10.4 Å². The quantitative estimate of drug-likeness (QED) is 0.727. The van der Waals surface area contributed by atoms with Crippen molar-refractivity contribution in [3.63, 3.8) is 0 Å². The van der Waals surface area contributed by atoms with Gasteiger partial charge in [-0.3, -0.25) is 0 Å². The van der Waals surface area contributed by atoms with Crippen molar-refractivity contribution in [2.75, 3.05) is 13.2 Å². The Morgan fingerprint density at radius 1 is 1.33 bits per heavy atom. The molecular weight excluding hydrogens is 206 g/mol. The molecule has 0 atom stereocenters. The van der Waals surface area contributed by atoms with E-state index in [0.29, 0.717) is 6.61 Å². The Kier molecular flexibility index (Phi) is 4.18. The van der Waals surface area contributed by atoms with Crippen LogP contribution in [0.15, 0.2) is 6.07 Å². The van der Waals surface area contributed by atoms with Crippen LogP contribution in [0.4, 0.5) is 0 Å². The standard InChI is InChI=1S/C12H19NOS/c14-7-2-1-6-13-9-11-8-10-4-3-5-12(10)15-11/h8,13-14H,1-7,9H2. The minimum atomic E-state index is 0.314. The van der Waals surface area contributed by atoms with E-state index < -0.39 is 0 Å². The minimum Gasteiger partial charge on any atom is -0.396 e. The molecule has 1 aliphatic rings. The maximum Gasteiger partial charge on any atom is 0.0431 e. The van der Waals surface area contributed by atoms with Crippen LogP contribution in [0.3, 0.4) is 0 Å². The van der Waals surface area contributed by atoms with Gasteiger partial charge in [0.15, 0.2) is 0 Å². The van der Waals surface area contributed by atoms with Gasteiger partial charge >= 0.3 is 0 Å². The summed E-state index contributed by atoms with van der Waals surface area (Å²) in [6.45, 7) is 2.33. The summed E-state index contributed by atoms with van der Waals surface area (Å²) >= 11 is 1.97. The van der Waals surface area contributed by atoms with Gasteiger partial charge in [-0.15, -0.1) is 11.3 Å². The first-order chi connectivity index (χ1) is 7.40. The summed E-state index contributed by atoms with van der Waals surface area (Å²) in [5.74, 6) is 0. The van der Waals surface area contributed by atoms with Crippen molar-refractivity contribution in [1.82, 2.24) is 5.32 Å². The summed E-state index contributed by atoms with van der Waals surface area (Å²) in [6, 6.07) is 2.37. The fraction of sp³-hybridized carbons (Fsp3) is 0.667. The molecule has 2 N–H and O–H groups in total. The smallest absolute Gasteiger partial charge is 0.0431 e. The molecule has 0 spiro atoms. The van der Waals surface area contributed by atoms with E-state index in [1.807, 2.05) is 11.3 Å². The second kappa shape index (κ2) is 5.64. The monoisotopic (exact) mass is 225 g/mol. The van der Waals surface area contributed by atoms with Gasteiger partial charge in [0.2, 0.25) is 0 Å². The third-order valence-corrected chi connectivity index (χ3v) is 4.10. The second-order valence-electron chi connectivity index (χ2n) is 4.12. The Hall–Kier alpha value is -0.380. The van der Waals surface area contributed by atoms with Gasteiger partial charge in [0.05, 0.1) is 0 Å². The summed E-state index contributed by atoms with van der Waals surface area (Å²) < 4.78 is 0. The predicted octanol–water partition coefficient (Wildman–Crippen LogP) is 2.10. The van der Waals surface area contributed by atoms with E-state index in [0.717, 1.165) is 25.9 Å². The third-order valence-electron chi connectivity index (χ3n) is 2.86. The lowest BCUT2D eigenvalue weighted by Crippen LogP contribution is -2.14. The van der Waals surface area contributed by atoms with E-state index >= 15 is 0 Å². The first-order valence-corrected chi connectivity index (χ1v) is 6.64. The number of aliphatic hydroxyl groups excluding tert-OH is 1. The molecule has 1 aromatic heterocycles. The normalized spacial score (nSPS) is 14.5. The van der Waals surface area contributed by atoms with Crippen LogP contribution in [0.25, 0.3) is 0 Å². The Bertz CT molecular complexity index is 287. The molecule has 0 fully saturated rings. The van der Waals surface area contributed by atoms with Crippen molar-refractivity contribution in [2.24, 2.45) is 0 Å². The fourth-order valence-corrected chi connectivity index (χ4v) is 3.28. The van der Waals surface area contributed by atoms with Gasteiger partial charge in [0.25, 0.3) is 0 Å². The average molecular weight is 225 g/mol. The maximum absolute atomic E-state index is 8.64. The number of aliphatic hydroxyl groups is 1.